The second-order valence-electron chi connectivity index (χ2n) is 6.36. The van der Waals surface area contributed by atoms with Gasteiger partial charge in [-0.1, -0.05) is 24.3 Å². The third-order valence-electron chi connectivity index (χ3n) is 5.20. The van der Waals surface area contributed by atoms with Gasteiger partial charge in [0.25, 0.3) is 5.91 Å². The van der Waals surface area contributed by atoms with Crippen LogP contribution in [-0.4, -0.2) is 12.5 Å². The molecule has 1 N–H and O–H groups in total. The first-order valence-electron chi connectivity index (χ1n) is 7.61. The minimum atomic E-state index is -0.0918. The van der Waals surface area contributed by atoms with E-state index in [4.69, 9.17) is 4.42 Å². The number of amides is 1. The molecule has 108 valence electrons. The van der Waals surface area contributed by atoms with Crippen LogP contribution in [0, 0.1) is 12.8 Å². The highest BCUT2D eigenvalue weighted by Crippen LogP contribution is 2.61. The molecule has 1 spiro atoms. The van der Waals surface area contributed by atoms with Gasteiger partial charge in [0.05, 0.1) is 6.26 Å². The van der Waals surface area contributed by atoms with Crippen LogP contribution in [0.15, 0.2) is 41.0 Å². The number of hydrogen-bond donors (Lipinski definition) is 1. The predicted octanol–water partition coefficient (Wildman–Crippen LogP) is 3.22. The van der Waals surface area contributed by atoms with Gasteiger partial charge in [0.15, 0.2) is 5.76 Å². The third kappa shape index (κ3) is 1.91. The molecule has 2 aliphatic rings. The Labute approximate surface area is 124 Å². The lowest BCUT2D eigenvalue weighted by atomic mass is 9.95. The molecule has 1 saturated carbocycles. The second-order valence-corrected chi connectivity index (χ2v) is 6.36. The molecule has 1 aromatic carbocycles. The summed E-state index contributed by atoms with van der Waals surface area (Å²) in [6, 6.07) is 10.6. The Morgan fingerprint density at radius 2 is 2.24 bits per heavy atom. The van der Waals surface area contributed by atoms with Gasteiger partial charge in [-0.15, -0.1) is 0 Å². The van der Waals surface area contributed by atoms with Crippen molar-refractivity contribution in [2.45, 2.75) is 31.6 Å². The zero-order chi connectivity index (χ0) is 14.4. The van der Waals surface area contributed by atoms with Crippen LogP contribution in [0.1, 0.15) is 40.1 Å². The highest BCUT2D eigenvalue weighted by Gasteiger charge is 2.57. The van der Waals surface area contributed by atoms with E-state index < -0.39 is 0 Å². The minimum Gasteiger partial charge on any atom is -0.459 e. The van der Waals surface area contributed by atoms with Crippen molar-refractivity contribution in [2.75, 3.05) is 6.54 Å². The zero-order valence-electron chi connectivity index (χ0n) is 12.2. The largest absolute Gasteiger partial charge is 0.459 e. The van der Waals surface area contributed by atoms with E-state index in [9.17, 15) is 4.79 Å². The van der Waals surface area contributed by atoms with Gasteiger partial charge >= 0.3 is 0 Å². The fourth-order valence-electron chi connectivity index (χ4n) is 3.90. The molecule has 0 saturated heterocycles. The summed E-state index contributed by atoms with van der Waals surface area (Å²) in [7, 11) is 0. The lowest BCUT2D eigenvalue weighted by Gasteiger charge is -2.12. The van der Waals surface area contributed by atoms with Gasteiger partial charge in [-0.3, -0.25) is 4.79 Å². The van der Waals surface area contributed by atoms with Crippen LogP contribution in [0.25, 0.3) is 0 Å². The van der Waals surface area contributed by atoms with Crippen LogP contribution >= 0.6 is 0 Å². The molecule has 2 aliphatic carbocycles. The summed E-state index contributed by atoms with van der Waals surface area (Å²) in [6.45, 7) is 2.64. The van der Waals surface area contributed by atoms with E-state index in [0.29, 0.717) is 17.1 Å². The summed E-state index contributed by atoms with van der Waals surface area (Å²) in [5.41, 5.74) is 4.23. The van der Waals surface area contributed by atoms with Crippen molar-refractivity contribution < 1.29 is 9.21 Å². The number of hydrogen-bond acceptors (Lipinski definition) is 2. The Morgan fingerprint density at radius 3 is 3.05 bits per heavy atom. The summed E-state index contributed by atoms with van der Waals surface area (Å²) in [6.07, 6.45) is 5.17. The quantitative estimate of drug-likeness (QED) is 0.938. The van der Waals surface area contributed by atoms with Gasteiger partial charge in [-0.05, 0) is 49.3 Å². The Balaban J connectivity index is 1.43. The highest BCUT2D eigenvalue weighted by atomic mass is 16.3. The number of fused-ring (bicyclic) bond motifs is 2. The topological polar surface area (TPSA) is 42.2 Å². The van der Waals surface area contributed by atoms with E-state index in [-0.39, 0.29) is 5.91 Å². The Bertz CT molecular complexity index is 703. The normalized spacial score (nSPS) is 25.9. The standard InChI is InChI=1S/C18H19NO2/c1-12-7-9-21-16(12)17(20)19-11-14-10-18(14)8-6-13-4-2-3-5-15(13)18/h2-5,7,9,14H,6,8,10-11H2,1H3,(H,19,20)/t14-,18-/m0/s1. The molecule has 0 aliphatic heterocycles. The molecule has 4 rings (SSSR count). The first-order valence-corrected chi connectivity index (χ1v) is 7.61. The number of furan rings is 1. The fraction of sp³-hybridized carbons (Fsp3) is 0.389. The average Bonchev–Trinajstić information content (AvgIpc) is 2.82. The zero-order valence-corrected chi connectivity index (χ0v) is 12.2. The van der Waals surface area contributed by atoms with Crippen LogP contribution in [0.2, 0.25) is 0 Å². The van der Waals surface area contributed by atoms with Crippen LogP contribution in [0.4, 0.5) is 0 Å². The monoisotopic (exact) mass is 281 g/mol. The second kappa shape index (κ2) is 4.48. The van der Waals surface area contributed by atoms with Gasteiger partial charge < -0.3 is 9.73 Å². The molecule has 2 atom stereocenters. The summed E-state index contributed by atoms with van der Waals surface area (Å²) < 4.78 is 5.24. The van der Waals surface area contributed by atoms with Crippen molar-refractivity contribution in [2.24, 2.45) is 5.92 Å². The Hall–Kier alpha value is -2.03. The lowest BCUT2D eigenvalue weighted by molar-refractivity contribution is 0.0922. The Kier molecular flexibility index (Phi) is 2.71. The molecule has 1 aromatic heterocycles. The van der Waals surface area contributed by atoms with E-state index in [1.54, 1.807) is 6.26 Å². The van der Waals surface area contributed by atoms with E-state index >= 15 is 0 Å². The van der Waals surface area contributed by atoms with E-state index in [2.05, 4.69) is 29.6 Å². The van der Waals surface area contributed by atoms with Gasteiger partial charge in [-0.25, -0.2) is 0 Å². The molecule has 1 heterocycles. The number of benzene rings is 1. The predicted molar refractivity (Wildman–Crippen MR) is 80.3 cm³/mol. The molecule has 21 heavy (non-hydrogen) atoms. The number of rotatable bonds is 3. The first kappa shape index (κ1) is 12.7. The smallest absolute Gasteiger partial charge is 0.287 e. The van der Waals surface area contributed by atoms with Gasteiger partial charge in [0, 0.05) is 17.5 Å². The third-order valence-corrected chi connectivity index (χ3v) is 5.20. The van der Waals surface area contributed by atoms with Crippen LogP contribution in [0.5, 0.6) is 0 Å². The van der Waals surface area contributed by atoms with Crippen molar-refractivity contribution in [3.8, 4) is 0 Å². The maximum Gasteiger partial charge on any atom is 0.287 e. The maximum absolute atomic E-state index is 12.1. The molecule has 3 nitrogen and oxygen atoms in total. The molecular formula is C18H19NO2. The molecule has 1 fully saturated rings. The maximum atomic E-state index is 12.1. The Morgan fingerprint density at radius 1 is 1.38 bits per heavy atom. The van der Waals surface area contributed by atoms with Crippen LogP contribution in [-0.2, 0) is 11.8 Å². The molecule has 2 aromatic rings. The average molecular weight is 281 g/mol. The number of aryl methyl sites for hydroxylation is 2. The van der Waals surface area contributed by atoms with Crippen molar-refractivity contribution in [1.82, 2.24) is 5.32 Å². The van der Waals surface area contributed by atoms with Gasteiger partial charge in [-0.2, -0.15) is 0 Å². The molecule has 0 unspecified atom stereocenters. The van der Waals surface area contributed by atoms with E-state index in [1.807, 2.05) is 13.0 Å². The summed E-state index contributed by atoms with van der Waals surface area (Å²) >= 11 is 0. The van der Waals surface area contributed by atoms with Crippen molar-refractivity contribution in [3.63, 3.8) is 0 Å². The van der Waals surface area contributed by atoms with Crippen LogP contribution < -0.4 is 5.32 Å². The molecule has 0 radical (unpaired) electrons. The number of carbonyl (C=O) groups is 1. The highest BCUT2D eigenvalue weighted by molar-refractivity contribution is 5.92. The van der Waals surface area contributed by atoms with E-state index in [1.165, 1.54) is 30.4 Å². The molecule has 3 heteroatoms. The number of nitrogens with one attached hydrogen (secondary N) is 1. The summed E-state index contributed by atoms with van der Waals surface area (Å²) in [5.74, 6) is 0.919. The van der Waals surface area contributed by atoms with Gasteiger partial charge in [0.1, 0.15) is 0 Å². The van der Waals surface area contributed by atoms with Crippen molar-refractivity contribution in [1.29, 1.82) is 0 Å². The molecule has 0 bridgehead atoms. The van der Waals surface area contributed by atoms with E-state index in [0.717, 1.165) is 12.1 Å². The van der Waals surface area contributed by atoms with Crippen molar-refractivity contribution >= 4 is 5.91 Å². The summed E-state index contributed by atoms with van der Waals surface area (Å²) in [5, 5.41) is 3.04. The van der Waals surface area contributed by atoms with Gasteiger partial charge in [0.2, 0.25) is 0 Å². The summed E-state index contributed by atoms with van der Waals surface area (Å²) in [4.78, 5) is 12.1. The fourth-order valence-corrected chi connectivity index (χ4v) is 3.90. The SMILES string of the molecule is Cc1ccoc1C(=O)NC[C@@H]1C[C@@]12CCc1ccccc12. The molecule has 1 amide bonds. The van der Waals surface area contributed by atoms with Crippen LogP contribution in [0.3, 0.4) is 0 Å². The lowest BCUT2D eigenvalue weighted by Crippen LogP contribution is -2.27. The molecular weight excluding hydrogens is 262 g/mol. The van der Waals surface area contributed by atoms with Crippen molar-refractivity contribution in [3.05, 3.63) is 59.0 Å². The minimum absolute atomic E-state index is 0.0918. The first-order chi connectivity index (χ1) is 10.2. The number of carbonyl (C=O) groups excluding carboxylic acids is 1.